The van der Waals surface area contributed by atoms with Crippen molar-refractivity contribution in [3.8, 4) is 11.5 Å². The highest BCUT2D eigenvalue weighted by molar-refractivity contribution is 6.31. The van der Waals surface area contributed by atoms with Gasteiger partial charge in [0.1, 0.15) is 29.1 Å². The van der Waals surface area contributed by atoms with E-state index in [1.54, 1.807) is 23.1 Å². The van der Waals surface area contributed by atoms with E-state index >= 15 is 0 Å². The normalized spacial score (nSPS) is 15.6. The number of ether oxygens (including phenoxy) is 2. The molecular weight excluding hydrogens is 516 g/mol. The van der Waals surface area contributed by atoms with Gasteiger partial charge < -0.3 is 24.6 Å². The molecule has 202 valence electrons. The average molecular weight is 546 g/mol. The van der Waals surface area contributed by atoms with E-state index in [1.165, 1.54) is 19.5 Å². The summed E-state index contributed by atoms with van der Waals surface area (Å²) in [6, 6.07) is 5.71. The number of aromatic nitrogens is 2. The van der Waals surface area contributed by atoms with Gasteiger partial charge in [-0.3, -0.25) is 4.79 Å². The Morgan fingerprint density at radius 2 is 2.03 bits per heavy atom. The van der Waals surface area contributed by atoms with Crippen LogP contribution in [0.3, 0.4) is 0 Å². The number of nitrogens with zero attached hydrogens (tertiary/aromatic N) is 4. The van der Waals surface area contributed by atoms with Crippen molar-refractivity contribution in [2.75, 3.05) is 45.2 Å². The fraction of sp³-hybridized carbons (Fsp3) is 0.370. The summed E-state index contributed by atoms with van der Waals surface area (Å²) < 4.78 is 39.9. The third-order valence-corrected chi connectivity index (χ3v) is 6.82. The van der Waals surface area contributed by atoms with E-state index < -0.39 is 16.7 Å². The van der Waals surface area contributed by atoms with E-state index in [9.17, 15) is 13.6 Å². The summed E-state index contributed by atoms with van der Waals surface area (Å²) in [5.41, 5.74) is 0.496. The maximum atomic E-state index is 14.5. The van der Waals surface area contributed by atoms with Crippen molar-refractivity contribution in [3.63, 3.8) is 0 Å². The Balaban J connectivity index is 1.51. The molecule has 1 N–H and O–H groups in total. The number of carbonyl (C=O) groups is 1. The van der Waals surface area contributed by atoms with Gasteiger partial charge in [-0.05, 0) is 31.3 Å². The van der Waals surface area contributed by atoms with Crippen LogP contribution < -0.4 is 14.8 Å². The standard InChI is InChI=1S/C27H30ClF2N5O3/c1-4-34(5-2)11-6-7-24(36)35-12-10-17(15-35)38-23-13-18-21(14-22(23)37-3)31-16-32-27(18)33-20-9-8-19(29)25(28)26(20)30/h6-9,13-14,16-17H,4-5,10-12,15H2,1-3H3,(H,31,32,33)/t17-/m0/s1. The molecule has 2 heterocycles. The molecule has 4 rings (SSSR count). The summed E-state index contributed by atoms with van der Waals surface area (Å²) >= 11 is 5.72. The first-order chi connectivity index (χ1) is 18.3. The maximum Gasteiger partial charge on any atom is 0.246 e. The van der Waals surface area contributed by atoms with Crippen molar-refractivity contribution in [2.24, 2.45) is 0 Å². The van der Waals surface area contributed by atoms with Crippen LogP contribution in [0.2, 0.25) is 5.02 Å². The Morgan fingerprint density at radius 3 is 2.76 bits per heavy atom. The third-order valence-electron chi connectivity index (χ3n) is 6.48. The minimum absolute atomic E-state index is 0.0336. The summed E-state index contributed by atoms with van der Waals surface area (Å²) in [5.74, 6) is -0.649. The number of nitrogens with one attached hydrogen (secondary N) is 1. The summed E-state index contributed by atoms with van der Waals surface area (Å²) in [7, 11) is 1.52. The minimum atomic E-state index is -0.926. The van der Waals surface area contributed by atoms with E-state index in [0.29, 0.717) is 41.9 Å². The number of likely N-dealkylation sites (N-methyl/N-ethyl adjacent to an activating group) is 1. The average Bonchev–Trinajstić information content (AvgIpc) is 3.40. The van der Waals surface area contributed by atoms with Gasteiger partial charge in [-0.2, -0.15) is 0 Å². The first kappa shape index (κ1) is 27.5. The van der Waals surface area contributed by atoms with Gasteiger partial charge in [0.25, 0.3) is 0 Å². The number of fused-ring (bicyclic) bond motifs is 1. The van der Waals surface area contributed by atoms with Crippen molar-refractivity contribution >= 4 is 39.9 Å². The SMILES string of the molecule is CCN(CC)CC=CC(=O)N1CC[C@H](Oc2cc3c(Nc4ccc(F)c(Cl)c4F)ncnc3cc2OC)C1. The Labute approximate surface area is 225 Å². The topological polar surface area (TPSA) is 79.8 Å². The number of rotatable bonds is 10. The molecule has 3 aromatic rings. The lowest BCUT2D eigenvalue weighted by atomic mass is 10.2. The Hall–Kier alpha value is -3.50. The molecule has 1 aromatic heterocycles. The number of carbonyl (C=O) groups excluding carboxylic acids is 1. The first-order valence-electron chi connectivity index (χ1n) is 12.4. The molecule has 2 aromatic carbocycles. The molecule has 8 nitrogen and oxygen atoms in total. The Kier molecular flexibility index (Phi) is 8.96. The smallest absolute Gasteiger partial charge is 0.246 e. The highest BCUT2D eigenvalue weighted by Gasteiger charge is 2.27. The highest BCUT2D eigenvalue weighted by atomic mass is 35.5. The van der Waals surface area contributed by atoms with Gasteiger partial charge in [-0.25, -0.2) is 18.7 Å². The molecule has 1 atom stereocenters. The molecule has 1 fully saturated rings. The lowest BCUT2D eigenvalue weighted by Crippen LogP contribution is -2.30. The number of methoxy groups -OCH3 is 1. The van der Waals surface area contributed by atoms with Crippen LogP contribution in [0.1, 0.15) is 20.3 Å². The second-order valence-electron chi connectivity index (χ2n) is 8.79. The maximum absolute atomic E-state index is 14.5. The van der Waals surface area contributed by atoms with Crippen molar-refractivity contribution in [2.45, 2.75) is 26.4 Å². The van der Waals surface area contributed by atoms with E-state index in [-0.39, 0.29) is 23.5 Å². The zero-order chi connectivity index (χ0) is 27.2. The molecular formula is C27H30ClF2N5O3. The summed E-state index contributed by atoms with van der Waals surface area (Å²) in [6.45, 7) is 7.78. The predicted molar refractivity (Wildman–Crippen MR) is 143 cm³/mol. The zero-order valence-electron chi connectivity index (χ0n) is 21.5. The molecule has 1 aliphatic heterocycles. The van der Waals surface area contributed by atoms with Gasteiger partial charge in [0.05, 0.1) is 24.9 Å². The molecule has 0 radical (unpaired) electrons. The molecule has 11 heteroatoms. The van der Waals surface area contributed by atoms with Crippen LogP contribution >= 0.6 is 11.6 Å². The van der Waals surface area contributed by atoms with Gasteiger partial charge in [-0.1, -0.05) is 31.5 Å². The summed E-state index contributed by atoms with van der Waals surface area (Å²) in [6.07, 6.45) is 5.25. The third kappa shape index (κ3) is 6.14. The van der Waals surface area contributed by atoms with E-state index in [2.05, 4.69) is 34.0 Å². The monoisotopic (exact) mass is 545 g/mol. The first-order valence-corrected chi connectivity index (χ1v) is 12.8. The number of amides is 1. The van der Waals surface area contributed by atoms with E-state index in [0.717, 1.165) is 25.7 Å². The molecule has 0 unspecified atom stereocenters. The van der Waals surface area contributed by atoms with Crippen LogP contribution in [-0.4, -0.2) is 71.6 Å². The van der Waals surface area contributed by atoms with Gasteiger partial charge in [-0.15, -0.1) is 0 Å². The van der Waals surface area contributed by atoms with Gasteiger partial charge in [0.15, 0.2) is 17.3 Å². The van der Waals surface area contributed by atoms with Crippen molar-refractivity contribution < 1.29 is 23.0 Å². The molecule has 1 amide bonds. The van der Waals surface area contributed by atoms with Crippen LogP contribution in [0.15, 0.2) is 42.7 Å². The predicted octanol–water partition coefficient (Wildman–Crippen LogP) is 5.19. The number of likely N-dealkylation sites (tertiary alicyclic amines) is 1. The molecule has 0 saturated carbocycles. The Morgan fingerprint density at radius 1 is 1.24 bits per heavy atom. The van der Waals surface area contributed by atoms with E-state index in [4.69, 9.17) is 21.1 Å². The molecule has 0 spiro atoms. The number of hydrogen-bond donors (Lipinski definition) is 1. The van der Waals surface area contributed by atoms with Crippen molar-refractivity contribution in [1.29, 1.82) is 0 Å². The number of halogens is 3. The van der Waals surface area contributed by atoms with Crippen molar-refractivity contribution in [1.82, 2.24) is 19.8 Å². The number of anilines is 2. The van der Waals surface area contributed by atoms with Gasteiger partial charge in [0, 0.05) is 37.0 Å². The largest absolute Gasteiger partial charge is 0.493 e. The van der Waals surface area contributed by atoms with Crippen LogP contribution in [0.5, 0.6) is 11.5 Å². The van der Waals surface area contributed by atoms with E-state index in [1.807, 2.05) is 6.08 Å². The zero-order valence-corrected chi connectivity index (χ0v) is 22.3. The van der Waals surface area contributed by atoms with Crippen molar-refractivity contribution in [3.05, 3.63) is 59.4 Å². The van der Waals surface area contributed by atoms with Crippen LogP contribution in [0.4, 0.5) is 20.3 Å². The Bertz CT molecular complexity index is 1340. The fourth-order valence-electron chi connectivity index (χ4n) is 4.26. The van der Waals surface area contributed by atoms with Crippen LogP contribution in [-0.2, 0) is 4.79 Å². The lowest BCUT2D eigenvalue weighted by molar-refractivity contribution is -0.125. The van der Waals surface area contributed by atoms with Crippen LogP contribution in [0, 0.1) is 11.6 Å². The quantitative estimate of drug-likeness (QED) is 0.277. The van der Waals surface area contributed by atoms with Gasteiger partial charge in [0.2, 0.25) is 5.91 Å². The molecule has 1 aliphatic rings. The second-order valence-corrected chi connectivity index (χ2v) is 9.17. The fourth-order valence-corrected chi connectivity index (χ4v) is 4.42. The summed E-state index contributed by atoms with van der Waals surface area (Å²) in [5, 5.41) is 2.79. The molecule has 0 aliphatic carbocycles. The summed E-state index contributed by atoms with van der Waals surface area (Å²) in [4.78, 5) is 25.1. The molecule has 0 bridgehead atoms. The highest BCUT2D eigenvalue weighted by Crippen LogP contribution is 2.37. The minimum Gasteiger partial charge on any atom is -0.493 e. The molecule has 1 saturated heterocycles. The van der Waals surface area contributed by atoms with Crippen LogP contribution in [0.25, 0.3) is 10.9 Å². The molecule has 38 heavy (non-hydrogen) atoms. The number of benzene rings is 2. The lowest BCUT2D eigenvalue weighted by Gasteiger charge is -2.19. The second kappa shape index (κ2) is 12.4. The van der Waals surface area contributed by atoms with Gasteiger partial charge >= 0.3 is 0 Å². The number of hydrogen-bond acceptors (Lipinski definition) is 7.